The molecule has 1 aromatic carbocycles. The quantitative estimate of drug-likeness (QED) is 0.479. The first kappa shape index (κ1) is 20.1. The molecule has 1 unspecified atom stereocenters. The molecule has 6 heteroatoms. The number of para-hydroxylation sites is 1. The maximum Gasteiger partial charge on any atom is 0.157 e. The van der Waals surface area contributed by atoms with Crippen molar-refractivity contribution in [3.63, 3.8) is 0 Å². The van der Waals surface area contributed by atoms with Gasteiger partial charge in [0.25, 0.3) is 0 Å². The fourth-order valence-corrected chi connectivity index (χ4v) is 2.36. The van der Waals surface area contributed by atoms with Crippen molar-refractivity contribution in [3.05, 3.63) is 30.3 Å². The van der Waals surface area contributed by atoms with Crippen molar-refractivity contribution in [2.75, 3.05) is 59.5 Å². The van der Waals surface area contributed by atoms with Gasteiger partial charge in [0.15, 0.2) is 6.29 Å². The van der Waals surface area contributed by atoms with Gasteiger partial charge in [-0.2, -0.15) is 0 Å². The van der Waals surface area contributed by atoms with E-state index < -0.39 is 0 Å². The van der Waals surface area contributed by atoms with E-state index in [1.165, 1.54) is 6.42 Å². The summed E-state index contributed by atoms with van der Waals surface area (Å²) in [6.45, 7) is 5.26. The van der Waals surface area contributed by atoms with Crippen LogP contribution in [0.25, 0.3) is 0 Å². The standard InChI is InChI=1S/C19H30O6/c1-2-6-18(7-3-1)23-16-14-21-12-10-20-11-13-22-15-17-25-19-8-4-5-9-24-19/h1-3,6-7,19H,4-5,8-17H2. The van der Waals surface area contributed by atoms with Crippen molar-refractivity contribution in [3.8, 4) is 5.75 Å². The number of benzene rings is 1. The van der Waals surface area contributed by atoms with E-state index in [1.807, 2.05) is 30.3 Å². The zero-order valence-electron chi connectivity index (χ0n) is 14.9. The Balaban J connectivity index is 1.27. The summed E-state index contributed by atoms with van der Waals surface area (Å²) in [5.74, 6) is 0.860. The van der Waals surface area contributed by atoms with Gasteiger partial charge in [0, 0.05) is 6.61 Å². The lowest BCUT2D eigenvalue weighted by molar-refractivity contribution is -0.169. The Morgan fingerprint density at radius 2 is 1.40 bits per heavy atom. The minimum Gasteiger partial charge on any atom is -0.491 e. The van der Waals surface area contributed by atoms with Gasteiger partial charge < -0.3 is 28.4 Å². The van der Waals surface area contributed by atoms with Gasteiger partial charge in [-0.3, -0.25) is 0 Å². The third-order valence-electron chi connectivity index (χ3n) is 3.65. The van der Waals surface area contributed by atoms with Gasteiger partial charge in [-0.15, -0.1) is 0 Å². The van der Waals surface area contributed by atoms with Gasteiger partial charge in [-0.1, -0.05) is 18.2 Å². The monoisotopic (exact) mass is 354 g/mol. The summed E-state index contributed by atoms with van der Waals surface area (Å²) in [5, 5.41) is 0. The first-order valence-corrected chi connectivity index (χ1v) is 9.09. The van der Waals surface area contributed by atoms with Gasteiger partial charge >= 0.3 is 0 Å². The van der Waals surface area contributed by atoms with Crippen LogP contribution in [0.3, 0.4) is 0 Å². The second-order valence-electron chi connectivity index (χ2n) is 5.67. The molecule has 1 atom stereocenters. The summed E-state index contributed by atoms with van der Waals surface area (Å²) < 4.78 is 32.9. The Labute approximate surface area is 150 Å². The summed E-state index contributed by atoms with van der Waals surface area (Å²) in [4.78, 5) is 0. The SMILES string of the molecule is c1ccc(OCCOCCOCCOCCOC2CCCCO2)cc1. The Morgan fingerprint density at radius 1 is 0.760 bits per heavy atom. The average molecular weight is 354 g/mol. The van der Waals surface area contributed by atoms with Gasteiger partial charge in [0.2, 0.25) is 0 Å². The molecule has 142 valence electrons. The van der Waals surface area contributed by atoms with Gasteiger partial charge in [0.05, 0.1) is 46.2 Å². The minimum absolute atomic E-state index is 0.0448. The van der Waals surface area contributed by atoms with Crippen molar-refractivity contribution in [1.82, 2.24) is 0 Å². The second-order valence-corrected chi connectivity index (χ2v) is 5.67. The van der Waals surface area contributed by atoms with Gasteiger partial charge in [-0.05, 0) is 31.4 Å². The molecule has 25 heavy (non-hydrogen) atoms. The molecule has 0 spiro atoms. The molecule has 1 fully saturated rings. The highest BCUT2D eigenvalue weighted by Gasteiger charge is 2.13. The zero-order chi connectivity index (χ0) is 17.4. The van der Waals surface area contributed by atoms with Crippen LogP contribution in [-0.4, -0.2) is 65.8 Å². The lowest BCUT2D eigenvalue weighted by Crippen LogP contribution is -2.24. The molecule has 0 saturated carbocycles. The maximum atomic E-state index is 5.58. The predicted octanol–water partition coefficient (Wildman–Crippen LogP) is 2.66. The van der Waals surface area contributed by atoms with Crippen LogP contribution >= 0.6 is 0 Å². The van der Waals surface area contributed by atoms with E-state index >= 15 is 0 Å². The van der Waals surface area contributed by atoms with E-state index in [0.717, 1.165) is 25.2 Å². The van der Waals surface area contributed by atoms with Crippen LogP contribution in [0.4, 0.5) is 0 Å². The Morgan fingerprint density at radius 3 is 2.04 bits per heavy atom. The van der Waals surface area contributed by atoms with Crippen LogP contribution in [0.5, 0.6) is 5.75 Å². The number of hydrogen-bond donors (Lipinski definition) is 0. The molecule has 2 rings (SSSR count). The van der Waals surface area contributed by atoms with Crippen LogP contribution < -0.4 is 4.74 Å². The maximum absolute atomic E-state index is 5.58. The van der Waals surface area contributed by atoms with Crippen molar-refractivity contribution in [2.24, 2.45) is 0 Å². The van der Waals surface area contributed by atoms with Crippen molar-refractivity contribution < 1.29 is 28.4 Å². The molecule has 1 heterocycles. The molecular formula is C19H30O6. The first-order chi connectivity index (χ1) is 12.4. The Hall–Kier alpha value is -1.18. The van der Waals surface area contributed by atoms with E-state index in [1.54, 1.807) is 0 Å². The van der Waals surface area contributed by atoms with E-state index in [0.29, 0.717) is 52.9 Å². The average Bonchev–Trinajstić information content (AvgIpc) is 2.67. The van der Waals surface area contributed by atoms with Crippen LogP contribution in [0.2, 0.25) is 0 Å². The molecule has 0 radical (unpaired) electrons. The first-order valence-electron chi connectivity index (χ1n) is 9.09. The van der Waals surface area contributed by atoms with Crippen molar-refractivity contribution >= 4 is 0 Å². The third-order valence-corrected chi connectivity index (χ3v) is 3.65. The normalized spacial score (nSPS) is 17.5. The van der Waals surface area contributed by atoms with Crippen molar-refractivity contribution in [2.45, 2.75) is 25.6 Å². The van der Waals surface area contributed by atoms with Crippen LogP contribution in [0, 0.1) is 0 Å². The summed E-state index contributed by atoms with van der Waals surface area (Å²) >= 11 is 0. The summed E-state index contributed by atoms with van der Waals surface area (Å²) in [7, 11) is 0. The molecule has 0 aliphatic carbocycles. The molecule has 6 nitrogen and oxygen atoms in total. The smallest absolute Gasteiger partial charge is 0.157 e. The molecule has 0 N–H and O–H groups in total. The highest BCUT2D eigenvalue weighted by molar-refractivity contribution is 5.20. The number of rotatable bonds is 14. The van der Waals surface area contributed by atoms with Crippen LogP contribution in [0.1, 0.15) is 19.3 Å². The Bertz CT molecular complexity index is 408. The fourth-order valence-electron chi connectivity index (χ4n) is 2.36. The fraction of sp³-hybridized carbons (Fsp3) is 0.684. The molecule has 0 aromatic heterocycles. The molecular weight excluding hydrogens is 324 g/mol. The summed E-state index contributed by atoms with van der Waals surface area (Å²) in [6, 6.07) is 9.71. The topological polar surface area (TPSA) is 55.4 Å². The zero-order valence-corrected chi connectivity index (χ0v) is 14.9. The van der Waals surface area contributed by atoms with Crippen LogP contribution in [-0.2, 0) is 23.7 Å². The number of ether oxygens (including phenoxy) is 6. The van der Waals surface area contributed by atoms with E-state index in [2.05, 4.69) is 0 Å². The molecule has 0 bridgehead atoms. The van der Waals surface area contributed by atoms with Gasteiger partial charge in [0.1, 0.15) is 12.4 Å². The molecule has 0 amide bonds. The van der Waals surface area contributed by atoms with Gasteiger partial charge in [-0.25, -0.2) is 0 Å². The van der Waals surface area contributed by atoms with Crippen LogP contribution in [0.15, 0.2) is 30.3 Å². The van der Waals surface area contributed by atoms with E-state index in [9.17, 15) is 0 Å². The Kier molecular flexibility index (Phi) is 11.3. The number of hydrogen-bond acceptors (Lipinski definition) is 6. The van der Waals surface area contributed by atoms with E-state index in [-0.39, 0.29) is 6.29 Å². The molecule has 1 aliphatic rings. The molecule has 1 saturated heterocycles. The molecule has 1 aromatic rings. The minimum atomic E-state index is -0.0448. The summed E-state index contributed by atoms with van der Waals surface area (Å²) in [6.07, 6.45) is 3.26. The molecule has 1 aliphatic heterocycles. The lowest BCUT2D eigenvalue weighted by atomic mass is 10.2. The van der Waals surface area contributed by atoms with E-state index in [4.69, 9.17) is 28.4 Å². The summed E-state index contributed by atoms with van der Waals surface area (Å²) in [5.41, 5.74) is 0. The third kappa shape index (κ3) is 10.4. The largest absolute Gasteiger partial charge is 0.491 e. The second kappa shape index (κ2) is 14.0. The van der Waals surface area contributed by atoms with Crippen molar-refractivity contribution in [1.29, 1.82) is 0 Å². The highest BCUT2D eigenvalue weighted by Crippen LogP contribution is 2.13. The predicted molar refractivity (Wildman–Crippen MR) is 93.9 cm³/mol. The lowest BCUT2D eigenvalue weighted by Gasteiger charge is -2.22. The highest BCUT2D eigenvalue weighted by atomic mass is 16.7.